The second-order valence-electron chi connectivity index (χ2n) is 9.75. The van der Waals surface area contributed by atoms with Crippen LogP contribution in [0.4, 0.5) is 0 Å². The molecule has 0 aromatic rings. The Bertz CT molecular complexity index is 694. The Morgan fingerprint density at radius 2 is 1.80 bits per heavy atom. The highest BCUT2D eigenvalue weighted by atomic mass is 16.6. The summed E-state index contributed by atoms with van der Waals surface area (Å²) in [5.74, 6) is -0.715. The number of carbonyl (C=O) groups excluding carboxylic acids is 2. The van der Waals surface area contributed by atoms with E-state index < -0.39 is 17.4 Å². The minimum Gasteiger partial charge on any atom is -0.389 e. The molecule has 0 aliphatic heterocycles. The number of esters is 2. The Morgan fingerprint density at radius 3 is 2.33 bits per heavy atom. The Hall–Kier alpha value is -1.90. The number of allylic oxidation sites excluding steroid dienone is 7. The van der Waals surface area contributed by atoms with Gasteiger partial charge in [-0.1, -0.05) is 64.5 Å². The number of ether oxygens (including phenoxy) is 1. The number of hydrogen-bond acceptors (Lipinski definition) is 3. The molecular formula is C27H44O3. The van der Waals surface area contributed by atoms with E-state index in [2.05, 4.69) is 45.9 Å². The molecular weight excluding hydrogens is 372 g/mol. The van der Waals surface area contributed by atoms with Gasteiger partial charge in [-0.05, 0) is 82.8 Å². The minimum atomic E-state index is -0.685. The van der Waals surface area contributed by atoms with Gasteiger partial charge in [-0.25, -0.2) is 4.79 Å². The summed E-state index contributed by atoms with van der Waals surface area (Å²) >= 11 is 0. The standard InChI is InChI=1S/C25H38O3.C2H6/c1-18(14-15-21-20(3)13-10-16-25(21,7)8)11-9-12-19(2)17-22(26)28-23(27)24(4,5)6;1-2/h9,12,14-15,17-18H,10-11,13,16H2,1-8H3;1-2H3/b12-9+,15-14+,19-17+;. The van der Waals surface area contributed by atoms with Gasteiger partial charge in [-0.3, -0.25) is 4.79 Å². The molecule has 0 heterocycles. The summed E-state index contributed by atoms with van der Waals surface area (Å²) in [7, 11) is 0. The van der Waals surface area contributed by atoms with Gasteiger partial charge in [0.2, 0.25) is 0 Å². The lowest BCUT2D eigenvalue weighted by atomic mass is 9.72. The van der Waals surface area contributed by atoms with Crippen molar-refractivity contribution in [3.05, 3.63) is 47.1 Å². The number of carbonyl (C=O) groups is 2. The average molecular weight is 417 g/mol. The average Bonchev–Trinajstić information content (AvgIpc) is 2.61. The predicted octanol–water partition coefficient (Wildman–Crippen LogP) is 7.74. The molecule has 0 saturated carbocycles. The monoisotopic (exact) mass is 416 g/mol. The highest BCUT2D eigenvalue weighted by Gasteiger charge is 2.26. The van der Waals surface area contributed by atoms with Crippen molar-refractivity contribution in [3.8, 4) is 0 Å². The van der Waals surface area contributed by atoms with Crippen molar-refractivity contribution in [1.29, 1.82) is 0 Å². The van der Waals surface area contributed by atoms with E-state index in [1.54, 1.807) is 20.8 Å². The highest BCUT2D eigenvalue weighted by Crippen LogP contribution is 2.40. The number of rotatable bonds is 6. The van der Waals surface area contributed by atoms with Crippen molar-refractivity contribution in [2.24, 2.45) is 16.7 Å². The van der Waals surface area contributed by atoms with Crippen molar-refractivity contribution < 1.29 is 14.3 Å². The van der Waals surface area contributed by atoms with Crippen LogP contribution < -0.4 is 0 Å². The third-order valence-corrected chi connectivity index (χ3v) is 5.17. The van der Waals surface area contributed by atoms with Gasteiger partial charge < -0.3 is 4.74 Å². The van der Waals surface area contributed by atoms with Crippen LogP contribution in [-0.2, 0) is 14.3 Å². The van der Waals surface area contributed by atoms with Crippen LogP contribution in [0, 0.1) is 16.7 Å². The van der Waals surface area contributed by atoms with Gasteiger partial charge in [0, 0.05) is 6.08 Å². The zero-order valence-electron chi connectivity index (χ0n) is 21.0. The van der Waals surface area contributed by atoms with Gasteiger partial charge in [0.05, 0.1) is 5.41 Å². The molecule has 3 heteroatoms. The van der Waals surface area contributed by atoms with E-state index in [0.717, 1.165) is 12.0 Å². The summed E-state index contributed by atoms with van der Waals surface area (Å²) in [5.41, 5.74) is 3.35. The van der Waals surface area contributed by atoms with E-state index in [0.29, 0.717) is 5.92 Å². The van der Waals surface area contributed by atoms with Gasteiger partial charge >= 0.3 is 11.9 Å². The number of hydrogen-bond donors (Lipinski definition) is 0. The van der Waals surface area contributed by atoms with E-state index in [-0.39, 0.29) is 5.41 Å². The maximum Gasteiger partial charge on any atom is 0.338 e. The van der Waals surface area contributed by atoms with Crippen LogP contribution in [0.25, 0.3) is 0 Å². The third kappa shape index (κ3) is 10.2. The lowest BCUT2D eigenvalue weighted by Gasteiger charge is -2.33. The Labute approximate surface area is 185 Å². The molecule has 0 radical (unpaired) electrons. The first-order valence-electron chi connectivity index (χ1n) is 11.3. The van der Waals surface area contributed by atoms with Crippen LogP contribution in [0.5, 0.6) is 0 Å². The largest absolute Gasteiger partial charge is 0.389 e. The predicted molar refractivity (Wildman–Crippen MR) is 128 cm³/mol. The highest BCUT2D eigenvalue weighted by molar-refractivity contribution is 5.94. The maximum absolute atomic E-state index is 11.8. The summed E-state index contributed by atoms with van der Waals surface area (Å²) in [6.45, 7) is 20.1. The Kier molecular flexibility index (Phi) is 11.9. The van der Waals surface area contributed by atoms with E-state index in [1.807, 2.05) is 26.8 Å². The SMILES string of the molecule is CC.CC1=C(/C=C/C(C)C/C=C/C(C)=C/C(=O)OC(=O)C(C)(C)C)C(C)(C)CCC1. The van der Waals surface area contributed by atoms with Crippen molar-refractivity contribution in [2.45, 2.75) is 94.9 Å². The molecule has 1 atom stereocenters. The van der Waals surface area contributed by atoms with Crippen LogP contribution in [0.2, 0.25) is 0 Å². The topological polar surface area (TPSA) is 43.4 Å². The molecule has 0 fully saturated rings. The molecule has 170 valence electrons. The fourth-order valence-corrected chi connectivity index (χ4v) is 3.33. The summed E-state index contributed by atoms with van der Waals surface area (Å²) in [6, 6.07) is 0. The minimum absolute atomic E-state index is 0.262. The lowest BCUT2D eigenvalue weighted by molar-refractivity contribution is -0.162. The fraction of sp³-hybridized carbons (Fsp3) is 0.630. The van der Waals surface area contributed by atoms with Gasteiger partial charge in [0.15, 0.2) is 0 Å². The smallest absolute Gasteiger partial charge is 0.338 e. The quantitative estimate of drug-likeness (QED) is 0.192. The van der Waals surface area contributed by atoms with Crippen molar-refractivity contribution in [2.75, 3.05) is 0 Å². The Morgan fingerprint density at radius 1 is 1.20 bits per heavy atom. The van der Waals surface area contributed by atoms with Crippen LogP contribution in [0.15, 0.2) is 47.1 Å². The molecule has 0 aromatic heterocycles. The Balaban J connectivity index is 0.00000407. The second-order valence-corrected chi connectivity index (χ2v) is 9.75. The first kappa shape index (κ1) is 28.1. The molecule has 0 amide bonds. The zero-order valence-corrected chi connectivity index (χ0v) is 21.0. The maximum atomic E-state index is 11.8. The summed E-state index contributed by atoms with van der Waals surface area (Å²) in [5, 5.41) is 0. The van der Waals surface area contributed by atoms with Crippen molar-refractivity contribution in [3.63, 3.8) is 0 Å². The van der Waals surface area contributed by atoms with Crippen LogP contribution in [-0.4, -0.2) is 11.9 Å². The summed E-state index contributed by atoms with van der Waals surface area (Å²) in [6.07, 6.45) is 14.5. The molecule has 1 rings (SSSR count). The van der Waals surface area contributed by atoms with E-state index in [1.165, 1.54) is 36.5 Å². The molecule has 0 saturated heterocycles. The molecule has 0 N–H and O–H groups in total. The van der Waals surface area contributed by atoms with E-state index in [9.17, 15) is 9.59 Å². The van der Waals surface area contributed by atoms with Crippen molar-refractivity contribution in [1.82, 2.24) is 0 Å². The van der Waals surface area contributed by atoms with Crippen molar-refractivity contribution >= 4 is 11.9 Å². The van der Waals surface area contributed by atoms with Crippen LogP contribution in [0.3, 0.4) is 0 Å². The molecule has 1 aliphatic rings. The fourth-order valence-electron chi connectivity index (χ4n) is 3.33. The molecule has 0 bridgehead atoms. The molecule has 0 spiro atoms. The first-order chi connectivity index (χ1) is 13.8. The van der Waals surface area contributed by atoms with Gasteiger partial charge in [0.1, 0.15) is 0 Å². The normalized spacial score (nSPS) is 18.3. The van der Waals surface area contributed by atoms with E-state index >= 15 is 0 Å². The molecule has 1 aliphatic carbocycles. The molecule has 3 nitrogen and oxygen atoms in total. The van der Waals surface area contributed by atoms with Gasteiger partial charge in [-0.2, -0.15) is 0 Å². The van der Waals surface area contributed by atoms with E-state index in [4.69, 9.17) is 4.74 Å². The van der Waals surface area contributed by atoms with Gasteiger partial charge in [0.25, 0.3) is 0 Å². The zero-order chi connectivity index (χ0) is 23.5. The molecule has 30 heavy (non-hydrogen) atoms. The summed E-state index contributed by atoms with van der Waals surface area (Å²) in [4.78, 5) is 23.5. The molecule has 1 unspecified atom stereocenters. The molecule has 0 aromatic carbocycles. The van der Waals surface area contributed by atoms with Crippen LogP contribution >= 0.6 is 0 Å². The third-order valence-electron chi connectivity index (χ3n) is 5.17. The first-order valence-corrected chi connectivity index (χ1v) is 11.3. The second kappa shape index (κ2) is 12.7. The lowest BCUT2D eigenvalue weighted by Crippen LogP contribution is -2.25. The van der Waals surface area contributed by atoms with Gasteiger partial charge in [-0.15, -0.1) is 0 Å². The summed E-state index contributed by atoms with van der Waals surface area (Å²) < 4.78 is 4.84. The van der Waals surface area contributed by atoms with Crippen LogP contribution in [0.1, 0.15) is 94.9 Å².